The Hall–Kier alpha value is -0.390. The minimum atomic E-state index is 0.0653. The van der Waals surface area contributed by atoms with Crippen LogP contribution in [0.25, 0.3) is 0 Å². The maximum absolute atomic E-state index is 9.59. The Morgan fingerprint density at radius 2 is 2.07 bits per heavy atom. The van der Waals surface area contributed by atoms with Crippen LogP contribution < -0.4 is 5.73 Å². The highest BCUT2D eigenvalue weighted by Crippen LogP contribution is 2.42. The first kappa shape index (κ1) is 11.7. The molecule has 0 atom stereocenters. The summed E-state index contributed by atoms with van der Waals surface area (Å²) in [6.45, 7) is 6.36. The fraction of sp³-hybridized carbons (Fsp3) is 0.556. The molecule has 0 spiro atoms. The van der Waals surface area contributed by atoms with E-state index < -0.39 is 0 Å². The van der Waals surface area contributed by atoms with Crippen molar-refractivity contribution in [3.05, 3.63) is 5.38 Å². The summed E-state index contributed by atoms with van der Waals surface area (Å²) in [4.78, 5) is 0. The third-order valence-corrected chi connectivity index (χ3v) is 4.40. The van der Waals surface area contributed by atoms with Crippen molar-refractivity contribution in [1.82, 2.24) is 4.31 Å². The maximum atomic E-state index is 9.59. The quantitative estimate of drug-likeness (QED) is 0.770. The molecule has 0 bridgehead atoms. The zero-order chi connectivity index (χ0) is 10.9. The van der Waals surface area contributed by atoms with Crippen LogP contribution in [-0.4, -0.2) is 22.0 Å². The summed E-state index contributed by atoms with van der Waals surface area (Å²) in [7, 11) is 2.00. The van der Waals surface area contributed by atoms with Gasteiger partial charge in [0.15, 0.2) is 5.75 Å². The van der Waals surface area contributed by atoms with Gasteiger partial charge in [-0.25, -0.2) is 4.31 Å². The van der Waals surface area contributed by atoms with Crippen molar-refractivity contribution in [3.8, 4) is 5.75 Å². The van der Waals surface area contributed by atoms with Gasteiger partial charge in [-0.15, -0.1) is 11.3 Å². The van der Waals surface area contributed by atoms with Crippen molar-refractivity contribution in [1.29, 1.82) is 0 Å². The van der Waals surface area contributed by atoms with Gasteiger partial charge >= 0.3 is 0 Å². The van der Waals surface area contributed by atoms with Crippen LogP contribution in [0.4, 0.5) is 5.69 Å². The summed E-state index contributed by atoms with van der Waals surface area (Å²) >= 11 is 2.99. The number of thiophene rings is 1. The monoisotopic (exact) mass is 232 g/mol. The number of nitrogens with zero attached hydrogens (tertiary/aromatic N) is 1. The molecule has 1 heterocycles. The van der Waals surface area contributed by atoms with E-state index in [4.69, 9.17) is 5.73 Å². The first-order valence-corrected chi connectivity index (χ1v) is 5.95. The van der Waals surface area contributed by atoms with Crippen LogP contribution in [-0.2, 0) is 0 Å². The third-order valence-electron chi connectivity index (χ3n) is 1.92. The van der Waals surface area contributed by atoms with Crippen molar-refractivity contribution in [2.24, 2.45) is 0 Å². The summed E-state index contributed by atoms with van der Waals surface area (Å²) < 4.78 is 2.94. The average molecular weight is 232 g/mol. The molecular formula is C9H16N2OS2. The number of nitrogen functional groups attached to an aromatic ring is 1. The molecule has 0 amide bonds. The lowest BCUT2D eigenvalue weighted by atomic mass is 10.1. The first-order valence-electron chi connectivity index (χ1n) is 4.30. The molecule has 0 aliphatic carbocycles. The van der Waals surface area contributed by atoms with Gasteiger partial charge in [0.05, 0.1) is 5.69 Å². The van der Waals surface area contributed by atoms with Crippen LogP contribution in [0.1, 0.15) is 20.8 Å². The van der Waals surface area contributed by atoms with Gasteiger partial charge < -0.3 is 10.8 Å². The number of hydrogen-bond acceptors (Lipinski definition) is 5. The van der Waals surface area contributed by atoms with E-state index in [1.807, 2.05) is 7.05 Å². The number of nitrogens with two attached hydrogens (primary N) is 1. The van der Waals surface area contributed by atoms with Crippen LogP contribution >= 0.6 is 23.3 Å². The third kappa shape index (κ3) is 2.56. The predicted molar refractivity (Wildman–Crippen MR) is 63.8 cm³/mol. The SMILES string of the molecule is CN(Sc1scc(N)c1O)C(C)(C)C. The fourth-order valence-electron chi connectivity index (χ4n) is 0.673. The van der Waals surface area contributed by atoms with Crippen molar-refractivity contribution in [2.75, 3.05) is 12.8 Å². The summed E-state index contributed by atoms with van der Waals surface area (Å²) in [5.74, 6) is 0.205. The van der Waals surface area contributed by atoms with Crippen LogP contribution in [0.2, 0.25) is 0 Å². The van der Waals surface area contributed by atoms with Gasteiger partial charge in [0, 0.05) is 10.9 Å². The topological polar surface area (TPSA) is 49.5 Å². The highest BCUT2D eigenvalue weighted by molar-refractivity contribution is 7.99. The van der Waals surface area contributed by atoms with Crippen molar-refractivity contribution < 1.29 is 5.11 Å². The molecule has 0 aliphatic heterocycles. The zero-order valence-corrected chi connectivity index (χ0v) is 10.5. The summed E-state index contributed by atoms with van der Waals surface area (Å²) in [6, 6.07) is 0. The summed E-state index contributed by atoms with van der Waals surface area (Å²) in [5, 5.41) is 11.3. The van der Waals surface area contributed by atoms with E-state index >= 15 is 0 Å². The molecule has 3 nitrogen and oxygen atoms in total. The van der Waals surface area contributed by atoms with E-state index in [2.05, 4.69) is 25.1 Å². The van der Waals surface area contributed by atoms with Crippen molar-refractivity contribution in [2.45, 2.75) is 30.5 Å². The second-order valence-electron chi connectivity index (χ2n) is 4.09. The van der Waals surface area contributed by atoms with Gasteiger partial charge in [0.1, 0.15) is 4.21 Å². The smallest absolute Gasteiger partial charge is 0.164 e. The normalized spacial score (nSPS) is 12.4. The highest BCUT2D eigenvalue weighted by Gasteiger charge is 2.20. The van der Waals surface area contributed by atoms with Crippen LogP contribution in [0.15, 0.2) is 9.59 Å². The molecular weight excluding hydrogens is 216 g/mol. The van der Waals surface area contributed by atoms with Gasteiger partial charge in [0.2, 0.25) is 0 Å². The average Bonchev–Trinajstić information content (AvgIpc) is 2.34. The summed E-state index contributed by atoms with van der Waals surface area (Å²) in [5.41, 5.74) is 6.08. The fourth-order valence-corrected chi connectivity index (χ4v) is 2.63. The Kier molecular flexibility index (Phi) is 3.34. The van der Waals surface area contributed by atoms with E-state index in [1.54, 1.807) is 5.38 Å². The van der Waals surface area contributed by atoms with Gasteiger partial charge in [0.25, 0.3) is 0 Å². The minimum absolute atomic E-state index is 0.0653. The molecule has 0 saturated heterocycles. The van der Waals surface area contributed by atoms with E-state index in [-0.39, 0.29) is 11.3 Å². The molecule has 0 aliphatic rings. The van der Waals surface area contributed by atoms with Gasteiger partial charge in [-0.3, -0.25) is 0 Å². The number of hydrogen-bond donors (Lipinski definition) is 2. The van der Waals surface area contributed by atoms with Gasteiger partial charge in [-0.2, -0.15) is 0 Å². The molecule has 14 heavy (non-hydrogen) atoms. The Balaban J connectivity index is 2.75. The second kappa shape index (κ2) is 4.00. The van der Waals surface area contributed by atoms with E-state index in [9.17, 15) is 5.11 Å². The lowest BCUT2D eigenvalue weighted by molar-refractivity contribution is 0.319. The second-order valence-corrected chi connectivity index (χ2v) is 6.36. The van der Waals surface area contributed by atoms with Gasteiger partial charge in [-0.05, 0) is 39.8 Å². The zero-order valence-electron chi connectivity index (χ0n) is 8.87. The molecule has 0 unspecified atom stereocenters. The first-order chi connectivity index (χ1) is 6.32. The molecule has 80 valence electrons. The predicted octanol–water partition coefficient (Wildman–Crippen LogP) is 2.77. The Bertz CT molecular complexity index is 317. The maximum Gasteiger partial charge on any atom is 0.164 e. The molecule has 1 aromatic heterocycles. The standard InChI is InChI=1S/C9H16N2OS2/c1-9(2,3)11(4)14-8-7(12)6(10)5-13-8/h5,12H,10H2,1-4H3. The lowest BCUT2D eigenvalue weighted by Crippen LogP contribution is -2.32. The number of anilines is 1. The van der Waals surface area contributed by atoms with Crippen molar-refractivity contribution in [3.63, 3.8) is 0 Å². The van der Waals surface area contributed by atoms with Crippen LogP contribution in [0.5, 0.6) is 5.75 Å². The molecule has 0 fully saturated rings. The molecule has 5 heteroatoms. The minimum Gasteiger partial charge on any atom is -0.504 e. The van der Waals surface area contributed by atoms with Crippen LogP contribution in [0, 0.1) is 0 Å². The van der Waals surface area contributed by atoms with E-state index in [0.717, 1.165) is 4.21 Å². The molecule has 0 aromatic carbocycles. The summed E-state index contributed by atoms with van der Waals surface area (Å²) in [6.07, 6.45) is 0. The molecule has 0 radical (unpaired) electrons. The number of aromatic hydroxyl groups is 1. The highest BCUT2D eigenvalue weighted by atomic mass is 32.2. The van der Waals surface area contributed by atoms with Crippen LogP contribution in [0.3, 0.4) is 0 Å². The molecule has 1 aromatic rings. The van der Waals surface area contributed by atoms with E-state index in [0.29, 0.717) is 5.69 Å². The Labute approximate surface area is 93.0 Å². The largest absolute Gasteiger partial charge is 0.504 e. The molecule has 3 N–H and O–H groups in total. The van der Waals surface area contributed by atoms with E-state index in [1.165, 1.54) is 23.3 Å². The van der Waals surface area contributed by atoms with Crippen molar-refractivity contribution >= 4 is 29.0 Å². The lowest BCUT2D eigenvalue weighted by Gasteiger charge is -2.29. The molecule has 0 saturated carbocycles. The Morgan fingerprint density at radius 3 is 2.43 bits per heavy atom. The Morgan fingerprint density at radius 1 is 1.50 bits per heavy atom. The van der Waals surface area contributed by atoms with Gasteiger partial charge in [-0.1, -0.05) is 0 Å². The molecule has 1 rings (SSSR count). The number of rotatable bonds is 2.